The van der Waals surface area contributed by atoms with Crippen LogP contribution in [0.15, 0.2) is 30.3 Å². The van der Waals surface area contributed by atoms with Crippen LogP contribution in [-0.4, -0.2) is 55.0 Å². The molecular formula is C16H24O5. The summed E-state index contributed by atoms with van der Waals surface area (Å²) in [7, 11) is 1.63. The summed E-state index contributed by atoms with van der Waals surface area (Å²) in [4.78, 5) is 0. The van der Waals surface area contributed by atoms with Gasteiger partial charge in [0.2, 0.25) is 0 Å². The second-order valence-corrected chi connectivity index (χ2v) is 5.49. The van der Waals surface area contributed by atoms with Crippen LogP contribution in [0, 0.1) is 5.92 Å². The standard InChI is InChI=1S/C16H24O5/c1-11-9-20-15(13(18)8-17)16(14(11)19-2)21-10-12-6-4-3-5-7-12/h3-7,11,13-18H,8-10H2,1-2H3/t11-,13+,14-,15-,16+/m0/s1. The molecule has 0 spiro atoms. The van der Waals surface area contributed by atoms with Crippen LogP contribution in [0.1, 0.15) is 12.5 Å². The van der Waals surface area contributed by atoms with E-state index in [9.17, 15) is 10.2 Å². The Morgan fingerprint density at radius 1 is 1.29 bits per heavy atom. The quantitative estimate of drug-likeness (QED) is 0.819. The topological polar surface area (TPSA) is 68.2 Å². The molecule has 0 radical (unpaired) electrons. The van der Waals surface area contributed by atoms with E-state index >= 15 is 0 Å². The predicted molar refractivity (Wildman–Crippen MR) is 77.8 cm³/mol. The average molecular weight is 296 g/mol. The molecule has 1 aliphatic rings. The van der Waals surface area contributed by atoms with Gasteiger partial charge in [0.05, 0.1) is 25.9 Å². The van der Waals surface area contributed by atoms with E-state index in [-0.39, 0.29) is 18.6 Å². The van der Waals surface area contributed by atoms with Crippen molar-refractivity contribution in [1.29, 1.82) is 0 Å². The van der Waals surface area contributed by atoms with E-state index in [0.29, 0.717) is 13.2 Å². The molecule has 1 aromatic rings. The summed E-state index contributed by atoms with van der Waals surface area (Å²) in [5, 5.41) is 19.1. The monoisotopic (exact) mass is 296 g/mol. The van der Waals surface area contributed by atoms with E-state index in [1.54, 1.807) is 7.11 Å². The van der Waals surface area contributed by atoms with E-state index in [2.05, 4.69) is 0 Å². The SMILES string of the molecule is CO[C@@H]1[C@@H](OCc2ccccc2)[C@H]([C@H](O)CO)OC[C@@H]1C. The summed E-state index contributed by atoms with van der Waals surface area (Å²) in [6, 6.07) is 9.81. The molecule has 0 bridgehead atoms. The van der Waals surface area contributed by atoms with Gasteiger partial charge in [-0.3, -0.25) is 0 Å². The van der Waals surface area contributed by atoms with Crippen LogP contribution in [0.3, 0.4) is 0 Å². The Kier molecular flexibility index (Phi) is 6.14. The summed E-state index contributed by atoms with van der Waals surface area (Å²) >= 11 is 0. The van der Waals surface area contributed by atoms with E-state index in [1.165, 1.54) is 0 Å². The van der Waals surface area contributed by atoms with Gasteiger partial charge in [0.25, 0.3) is 0 Å². The average Bonchev–Trinajstić information content (AvgIpc) is 2.53. The molecule has 2 N–H and O–H groups in total. The molecule has 1 heterocycles. The van der Waals surface area contributed by atoms with Crippen LogP contribution in [0.4, 0.5) is 0 Å². The Labute approximate surface area is 125 Å². The molecule has 5 heteroatoms. The van der Waals surface area contributed by atoms with Crippen molar-refractivity contribution >= 4 is 0 Å². The highest BCUT2D eigenvalue weighted by Gasteiger charge is 2.42. The molecule has 0 amide bonds. The molecule has 0 aromatic heterocycles. The Morgan fingerprint density at radius 2 is 2.00 bits per heavy atom. The lowest BCUT2D eigenvalue weighted by Crippen LogP contribution is -2.56. The first-order valence-electron chi connectivity index (χ1n) is 7.26. The molecule has 1 saturated heterocycles. The van der Waals surface area contributed by atoms with Gasteiger partial charge in [0.15, 0.2) is 0 Å². The molecule has 118 valence electrons. The minimum absolute atomic E-state index is 0.165. The smallest absolute Gasteiger partial charge is 0.114 e. The summed E-state index contributed by atoms with van der Waals surface area (Å²) < 4.78 is 17.2. The van der Waals surface area contributed by atoms with Crippen molar-refractivity contribution in [3.8, 4) is 0 Å². The van der Waals surface area contributed by atoms with Crippen molar-refractivity contribution in [1.82, 2.24) is 0 Å². The van der Waals surface area contributed by atoms with Gasteiger partial charge >= 0.3 is 0 Å². The zero-order valence-electron chi connectivity index (χ0n) is 12.5. The lowest BCUT2D eigenvalue weighted by Gasteiger charge is -2.42. The minimum atomic E-state index is -0.976. The molecule has 2 rings (SSSR count). The second kappa shape index (κ2) is 7.87. The van der Waals surface area contributed by atoms with Crippen molar-refractivity contribution in [2.75, 3.05) is 20.3 Å². The third kappa shape index (κ3) is 4.02. The summed E-state index contributed by atoms with van der Waals surface area (Å²) in [5.74, 6) is 0.165. The summed E-state index contributed by atoms with van der Waals surface area (Å²) in [6.07, 6.45) is -2.15. The number of benzene rings is 1. The first-order chi connectivity index (χ1) is 10.2. The highest BCUT2D eigenvalue weighted by molar-refractivity contribution is 5.13. The lowest BCUT2D eigenvalue weighted by atomic mass is 9.91. The van der Waals surface area contributed by atoms with E-state index < -0.39 is 18.3 Å². The Balaban J connectivity index is 2.08. The number of methoxy groups -OCH3 is 1. The molecule has 1 aliphatic heterocycles. The fourth-order valence-electron chi connectivity index (χ4n) is 2.72. The van der Waals surface area contributed by atoms with Crippen LogP contribution < -0.4 is 0 Å². The highest BCUT2D eigenvalue weighted by atomic mass is 16.6. The van der Waals surface area contributed by atoms with Gasteiger partial charge in [-0.2, -0.15) is 0 Å². The lowest BCUT2D eigenvalue weighted by molar-refractivity contribution is -0.221. The van der Waals surface area contributed by atoms with E-state index in [4.69, 9.17) is 14.2 Å². The summed E-state index contributed by atoms with van der Waals surface area (Å²) in [5.41, 5.74) is 1.04. The maximum Gasteiger partial charge on any atom is 0.114 e. The third-order valence-corrected chi connectivity index (χ3v) is 3.88. The van der Waals surface area contributed by atoms with Gasteiger partial charge in [-0.25, -0.2) is 0 Å². The predicted octanol–water partition coefficient (Wildman–Crippen LogP) is 0.975. The van der Waals surface area contributed by atoms with Crippen LogP contribution in [0.25, 0.3) is 0 Å². The highest BCUT2D eigenvalue weighted by Crippen LogP contribution is 2.27. The minimum Gasteiger partial charge on any atom is -0.394 e. The molecule has 0 aliphatic carbocycles. The zero-order valence-corrected chi connectivity index (χ0v) is 12.5. The molecular weight excluding hydrogens is 272 g/mol. The maximum absolute atomic E-state index is 9.94. The number of rotatable bonds is 6. The molecule has 21 heavy (non-hydrogen) atoms. The Morgan fingerprint density at radius 3 is 2.62 bits per heavy atom. The fraction of sp³-hybridized carbons (Fsp3) is 0.625. The molecule has 1 aromatic carbocycles. The number of ether oxygens (including phenoxy) is 3. The van der Waals surface area contributed by atoms with Gasteiger partial charge in [-0.05, 0) is 5.56 Å². The Hall–Kier alpha value is -0.980. The van der Waals surface area contributed by atoms with Crippen molar-refractivity contribution < 1.29 is 24.4 Å². The Bertz CT molecular complexity index is 410. The molecule has 0 saturated carbocycles. The van der Waals surface area contributed by atoms with E-state index in [0.717, 1.165) is 5.56 Å². The summed E-state index contributed by atoms with van der Waals surface area (Å²) in [6.45, 7) is 2.55. The van der Waals surface area contributed by atoms with Crippen LogP contribution in [-0.2, 0) is 20.8 Å². The molecule has 5 atom stereocenters. The fourth-order valence-corrected chi connectivity index (χ4v) is 2.72. The number of aliphatic hydroxyl groups is 2. The first kappa shape index (κ1) is 16.4. The van der Waals surface area contributed by atoms with Gasteiger partial charge in [0.1, 0.15) is 18.3 Å². The van der Waals surface area contributed by atoms with E-state index in [1.807, 2.05) is 37.3 Å². The van der Waals surface area contributed by atoms with Gasteiger partial charge in [0, 0.05) is 13.0 Å². The van der Waals surface area contributed by atoms with Crippen molar-refractivity contribution in [3.05, 3.63) is 35.9 Å². The third-order valence-electron chi connectivity index (χ3n) is 3.88. The van der Waals surface area contributed by atoms with Gasteiger partial charge in [-0.1, -0.05) is 37.3 Å². The first-order valence-corrected chi connectivity index (χ1v) is 7.26. The van der Waals surface area contributed by atoms with Gasteiger partial charge in [-0.15, -0.1) is 0 Å². The largest absolute Gasteiger partial charge is 0.394 e. The molecule has 1 fully saturated rings. The zero-order chi connectivity index (χ0) is 15.2. The van der Waals surface area contributed by atoms with Crippen molar-refractivity contribution in [2.45, 2.75) is 37.9 Å². The van der Waals surface area contributed by atoms with Crippen LogP contribution in [0.5, 0.6) is 0 Å². The molecule has 0 unspecified atom stereocenters. The maximum atomic E-state index is 9.94. The van der Waals surface area contributed by atoms with Crippen LogP contribution >= 0.6 is 0 Å². The number of aliphatic hydroxyl groups excluding tert-OH is 2. The number of hydrogen-bond donors (Lipinski definition) is 2. The number of hydrogen-bond acceptors (Lipinski definition) is 5. The van der Waals surface area contributed by atoms with Crippen LogP contribution in [0.2, 0.25) is 0 Å². The van der Waals surface area contributed by atoms with Gasteiger partial charge < -0.3 is 24.4 Å². The van der Waals surface area contributed by atoms with Crippen molar-refractivity contribution in [3.63, 3.8) is 0 Å². The normalized spacial score (nSPS) is 31.0. The second-order valence-electron chi connectivity index (χ2n) is 5.49. The molecule has 5 nitrogen and oxygen atoms in total. The van der Waals surface area contributed by atoms with Crippen molar-refractivity contribution in [2.24, 2.45) is 5.92 Å².